The fourth-order valence-electron chi connectivity index (χ4n) is 1.36. The van der Waals surface area contributed by atoms with Gasteiger partial charge in [0.15, 0.2) is 0 Å². The molecule has 0 spiro atoms. The quantitative estimate of drug-likeness (QED) is 0.445. The summed E-state index contributed by atoms with van der Waals surface area (Å²) in [5.74, 6) is 0.881. The lowest BCUT2D eigenvalue weighted by Crippen LogP contribution is -2.12. The summed E-state index contributed by atoms with van der Waals surface area (Å²) in [4.78, 5) is 0. The Hall–Kier alpha value is 0.290. The standard InChI is InChI=1S/C7H13Cl/c1-6-3-2-4-7(8)5-6/h6-7H,2-5H2,1H3/t6-,7?/m1/s1. The molecule has 0 aromatic carbocycles. The van der Waals surface area contributed by atoms with Gasteiger partial charge < -0.3 is 0 Å². The van der Waals surface area contributed by atoms with E-state index in [4.69, 9.17) is 11.6 Å². The molecule has 48 valence electrons. The third-order valence-electron chi connectivity index (χ3n) is 1.87. The van der Waals surface area contributed by atoms with Gasteiger partial charge in [0.25, 0.3) is 0 Å². The highest BCUT2D eigenvalue weighted by molar-refractivity contribution is 6.20. The van der Waals surface area contributed by atoms with Gasteiger partial charge in [-0.15, -0.1) is 11.6 Å². The van der Waals surface area contributed by atoms with Crippen LogP contribution in [0.3, 0.4) is 0 Å². The SMILES string of the molecule is C[C@@H]1CCCC(Cl)C1. The zero-order chi connectivity index (χ0) is 5.98. The van der Waals surface area contributed by atoms with Crippen LogP contribution in [-0.2, 0) is 0 Å². The van der Waals surface area contributed by atoms with Gasteiger partial charge in [0, 0.05) is 5.38 Å². The van der Waals surface area contributed by atoms with E-state index < -0.39 is 0 Å². The smallest absolute Gasteiger partial charge is 0.0338 e. The topological polar surface area (TPSA) is 0 Å². The first-order valence-electron chi connectivity index (χ1n) is 3.43. The van der Waals surface area contributed by atoms with E-state index in [9.17, 15) is 0 Å². The van der Waals surface area contributed by atoms with Crippen LogP contribution < -0.4 is 0 Å². The molecule has 0 aromatic rings. The van der Waals surface area contributed by atoms with E-state index >= 15 is 0 Å². The molecule has 1 aliphatic carbocycles. The Balaban J connectivity index is 2.23. The number of hydrogen-bond donors (Lipinski definition) is 0. The third kappa shape index (κ3) is 1.66. The van der Waals surface area contributed by atoms with Gasteiger partial charge in [0.2, 0.25) is 0 Å². The van der Waals surface area contributed by atoms with E-state index in [-0.39, 0.29) is 0 Å². The van der Waals surface area contributed by atoms with Crippen molar-refractivity contribution >= 4 is 11.6 Å². The van der Waals surface area contributed by atoms with Crippen molar-refractivity contribution in [1.29, 1.82) is 0 Å². The molecule has 0 heterocycles. The summed E-state index contributed by atoms with van der Waals surface area (Å²) in [6.45, 7) is 2.29. The van der Waals surface area contributed by atoms with Crippen LogP contribution in [0.1, 0.15) is 32.6 Å². The summed E-state index contributed by atoms with van der Waals surface area (Å²) in [7, 11) is 0. The van der Waals surface area contributed by atoms with Crippen LogP contribution in [-0.4, -0.2) is 5.38 Å². The van der Waals surface area contributed by atoms with Crippen molar-refractivity contribution in [3.05, 3.63) is 0 Å². The van der Waals surface area contributed by atoms with Crippen molar-refractivity contribution in [2.24, 2.45) is 5.92 Å². The molecule has 0 amide bonds. The molecule has 0 radical (unpaired) electrons. The molecular weight excluding hydrogens is 120 g/mol. The Kier molecular flexibility index (Phi) is 2.18. The highest BCUT2D eigenvalue weighted by Crippen LogP contribution is 2.26. The van der Waals surface area contributed by atoms with Crippen LogP contribution in [0.5, 0.6) is 0 Å². The maximum Gasteiger partial charge on any atom is 0.0338 e. The summed E-state index contributed by atoms with van der Waals surface area (Å²) in [5.41, 5.74) is 0. The summed E-state index contributed by atoms with van der Waals surface area (Å²) in [5, 5.41) is 0.485. The van der Waals surface area contributed by atoms with Crippen LogP contribution in [0, 0.1) is 5.92 Å². The van der Waals surface area contributed by atoms with Gasteiger partial charge in [-0.25, -0.2) is 0 Å². The molecule has 0 saturated heterocycles. The fraction of sp³-hybridized carbons (Fsp3) is 1.00. The molecule has 0 aliphatic heterocycles. The molecule has 8 heavy (non-hydrogen) atoms. The van der Waals surface area contributed by atoms with Crippen LogP contribution >= 0.6 is 11.6 Å². The van der Waals surface area contributed by atoms with E-state index in [0.29, 0.717) is 5.38 Å². The Bertz CT molecular complexity index is 62.8. The van der Waals surface area contributed by atoms with Crippen molar-refractivity contribution in [2.75, 3.05) is 0 Å². The van der Waals surface area contributed by atoms with Crippen LogP contribution in [0.4, 0.5) is 0 Å². The Labute approximate surface area is 56.2 Å². The van der Waals surface area contributed by atoms with Crippen LogP contribution in [0.15, 0.2) is 0 Å². The lowest BCUT2D eigenvalue weighted by atomic mass is 9.91. The lowest BCUT2D eigenvalue weighted by molar-refractivity contribution is 0.390. The second kappa shape index (κ2) is 2.72. The van der Waals surface area contributed by atoms with Crippen LogP contribution in [0.25, 0.3) is 0 Å². The number of alkyl halides is 1. The van der Waals surface area contributed by atoms with Gasteiger partial charge >= 0.3 is 0 Å². The first kappa shape index (κ1) is 6.41. The lowest BCUT2D eigenvalue weighted by Gasteiger charge is -2.21. The van der Waals surface area contributed by atoms with Gasteiger partial charge in [-0.05, 0) is 18.8 Å². The van der Waals surface area contributed by atoms with Crippen molar-refractivity contribution in [2.45, 2.75) is 38.0 Å². The molecule has 1 unspecified atom stereocenters. The highest BCUT2D eigenvalue weighted by atomic mass is 35.5. The molecule has 1 heteroatoms. The zero-order valence-corrected chi connectivity index (χ0v) is 6.12. The molecule has 1 fully saturated rings. The predicted octanol–water partition coefficient (Wildman–Crippen LogP) is 2.80. The molecule has 1 aliphatic rings. The van der Waals surface area contributed by atoms with Gasteiger partial charge in [0.05, 0.1) is 0 Å². The fourth-order valence-corrected chi connectivity index (χ4v) is 1.82. The van der Waals surface area contributed by atoms with Gasteiger partial charge in [0.1, 0.15) is 0 Å². The van der Waals surface area contributed by atoms with E-state index in [0.717, 1.165) is 5.92 Å². The zero-order valence-electron chi connectivity index (χ0n) is 5.36. The van der Waals surface area contributed by atoms with E-state index in [1.807, 2.05) is 0 Å². The largest absolute Gasteiger partial charge is 0.123 e. The predicted molar refractivity (Wildman–Crippen MR) is 37.3 cm³/mol. The summed E-state index contributed by atoms with van der Waals surface area (Å²) in [6, 6.07) is 0. The minimum atomic E-state index is 0.485. The molecule has 1 rings (SSSR count). The third-order valence-corrected chi connectivity index (χ3v) is 2.27. The maximum absolute atomic E-state index is 5.91. The monoisotopic (exact) mass is 132 g/mol. The first-order valence-corrected chi connectivity index (χ1v) is 3.86. The number of rotatable bonds is 0. The van der Waals surface area contributed by atoms with E-state index in [2.05, 4.69) is 6.92 Å². The summed E-state index contributed by atoms with van der Waals surface area (Å²) >= 11 is 5.91. The van der Waals surface area contributed by atoms with E-state index in [1.165, 1.54) is 25.7 Å². The Morgan fingerprint density at radius 3 is 2.50 bits per heavy atom. The average molecular weight is 133 g/mol. The molecule has 0 aromatic heterocycles. The molecule has 0 N–H and O–H groups in total. The summed E-state index contributed by atoms with van der Waals surface area (Å²) < 4.78 is 0. The minimum absolute atomic E-state index is 0.485. The first-order chi connectivity index (χ1) is 3.79. The number of halogens is 1. The van der Waals surface area contributed by atoms with Crippen LogP contribution in [0.2, 0.25) is 0 Å². The van der Waals surface area contributed by atoms with Crippen molar-refractivity contribution in [1.82, 2.24) is 0 Å². The minimum Gasteiger partial charge on any atom is -0.123 e. The average Bonchev–Trinajstić information content (AvgIpc) is 1.64. The normalized spacial score (nSPS) is 39.8. The molecule has 2 atom stereocenters. The second-order valence-corrected chi connectivity index (χ2v) is 3.49. The van der Waals surface area contributed by atoms with Gasteiger partial charge in [-0.3, -0.25) is 0 Å². The Morgan fingerprint density at radius 2 is 2.12 bits per heavy atom. The van der Waals surface area contributed by atoms with Crippen molar-refractivity contribution in [3.8, 4) is 0 Å². The Morgan fingerprint density at radius 1 is 1.38 bits per heavy atom. The molecule has 1 saturated carbocycles. The van der Waals surface area contributed by atoms with Gasteiger partial charge in [-0.2, -0.15) is 0 Å². The second-order valence-electron chi connectivity index (χ2n) is 2.87. The molecule has 0 bridgehead atoms. The van der Waals surface area contributed by atoms with Crippen molar-refractivity contribution < 1.29 is 0 Å². The maximum atomic E-state index is 5.91. The van der Waals surface area contributed by atoms with E-state index in [1.54, 1.807) is 0 Å². The molecule has 0 nitrogen and oxygen atoms in total. The summed E-state index contributed by atoms with van der Waals surface area (Å²) in [6.07, 6.45) is 5.21. The van der Waals surface area contributed by atoms with Crippen molar-refractivity contribution in [3.63, 3.8) is 0 Å². The number of hydrogen-bond acceptors (Lipinski definition) is 0. The molecular formula is C7H13Cl. The van der Waals surface area contributed by atoms with Gasteiger partial charge in [-0.1, -0.05) is 19.8 Å². The highest BCUT2D eigenvalue weighted by Gasteiger charge is 2.15.